The molecule has 1 aromatic carbocycles. The molecule has 0 amide bonds. The van der Waals surface area contributed by atoms with Gasteiger partial charge in [-0.05, 0) is 74.6 Å². The average Bonchev–Trinajstić information content (AvgIpc) is 3.56. The lowest BCUT2D eigenvalue weighted by Gasteiger charge is -2.23. The van der Waals surface area contributed by atoms with Crippen molar-refractivity contribution in [2.45, 2.75) is 71.9 Å². The molecule has 2 aliphatic heterocycles. The van der Waals surface area contributed by atoms with E-state index in [4.69, 9.17) is 19.2 Å². The Hall–Kier alpha value is -2.97. The number of fused-ring (bicyclic) bond motifs is 1. The highest BCUT2D eigenvalue weighted by Crippen LogP contribution is 2.30. The van der Waals surface area contributed by atoms with Crippen molar-refractivity contribution >= 4 is 17.0 Å². The van der Waals surface area contributed by atoms with Gasteiger partial charge in [-0.15, -0.1) is 0 Å². The van der Waals surface area contributed by atoms with Gasteiger partial charge in [-0.25, -0.2) is 4.98 Å². The number of H-pyrrole nitrogens is 1. The van der Waals surface area contributed by atoms with Crippen LogP contribution in [-0.4, -0.2) is 53.0 Å². The molecule has 3 aromatic rings. The van der Waals surface area contributed by atoms with E-state index in [2.05, 4.69) is 41.6 Å². The molecule has 210 valence electrons. The fraction of sp³-hybridized carbons (Fsp3) is 0.581. The zero-order valence-electron chi connectivity index (χ0n) is 23.4. The zero-order valence-corrected chi connectivity index (χ0v) is 23.4. The molecule has 0 unspecified atom stereocenters. The average molecular weight is 536 g/mol. The third kappa shape index (κ3) is 6.79. The van der Waals surface area contributed by atoms with Crippen molar-refractivity contribution in [3.63, 3.8) is 0 Å². The Morgan fingerprint density at radius 3 is 2.67 bits per heavy atom. The highest BCUT2D eigenvalue weighted by atomic mass is 16.6. The summed E-state index contributed by atoms with van der Waals surface area (Å²) in [5.41, 5.74) is 4.68. The zero-order chi connectivity index (χ0) is 27.4. The van der Waals surface area contributed by atoms with Crippen molar-refractivity contribution in [2.24, 2.45) is 17.8 Å². The predicted octanol–water partition coefficient (Wildman–Crippen LogP) is 5.05. The number of carbonyl (C=O) groups excluding carboxylic acids is 1. The lowest BCUT2D eigenvalue weighted by Crippen LogP contribution is -2.26. The number of esters is 1. The number of aromatic amines is 1. The van der Waals surface area contributed by atoms with E-state index in [0.717, 1.165) is 86.3 Å². The third-order valence-corrected chi connectivity index (χ3v) is 7.98. The van der Waals surface area contributed by atoms with E-state index < -0.39 is 0 Å². The van der Waals surface area contributed by atoms with Crippen LogP contribution in [0.4, 0.5) is 0 Å². The molecule has 4 heterocycles. The first-order valence-electron chi connectivity index (χ1n) is 14.4. The van der Waals surface area contributed by atoms with Gasteiger partial charge in [-0.2, -0.15) is 0 Å². The van der Waals surface area contributed by atoms with Crippen LogP contribution in [0.2, 0.25) is 0 Å². The van der Waals surface area contributed by atoms with Crippen molar-refractivity contribution in [2.75, 3.05) is 26.4 Å². The molecule has 2 aromatic heterocycles. The number of aryl methyl sites for hydroxylation is 2. The van der Waals surface area contributed by atoms with Gasteiger partial charge >= 0.3 is 5.97 Å². The van der Waals surface area contributed by atoms with Crippen molar-refractivity contribution in [1.82, 2.24) is 14.5 Å². The van der Waals surface area contributed by atoms with E-state index in [9.17, 15) is 9.59 Å². The molecule has 0 aliphatic carbocycles. The van der Waals surface area contributed by atoms with Gasteiger partial charge in [0.2, 0.25) is 0 Å². The van der Waals surface area contributed by atoms with Crippen LogP contribution in [0.1, 0.15) is 57.1 Å². The number of pyridine rings is 1. The summed E-state index contributed by atoms with van der Waals surface area (Å²) in [5, 5.41) is 0. The second-order valence-corrected chi connectivity index (χ2v) is 11.6. The molecule has 39 heavy (non-hydrogen) atoms. The molecule has 8 heteroatoms. The fourth-order valence-electron chi connectivity index (χ4n) is 5.76. The molecular weight excluding hydrogens is 494 g/mol. The highest BCUT2D eigenvalue weighted by Gasteiger charge is 2.27. The lowest BCUT2D eigenvalue weighted by atomic mass is 9.91. The molecule has 0 spiro atoms. The van der Waals surface area contributed by atoms with Gasteiger partial charge < -0.3 is 23.8 Å². The summed E-state index contributed by atoms with van der Waals surface area (Å²) >= 11 is 0. The summed E-state index contributed by atoms with van der Waals surface area (Å²) in [6.45, 7) is 9.74. The van der Waals surface area contributed by atoms with Crippen molar-refractivity contribution in [3.8, 4) is 11.4 Å². The number of aromatic nitrogens is 3. The first-order chi connectivity index (χ1) is 18.9. The number of hydrogen-bond donors (Lipinski definition) is 1. The molecule has 8 nitrogen and oxygen atoms in total. The Morgan fingerprint density at radius 1 is 1.15 bits per heavy atom. The predicted molar refractivity (Wildman–Crippen MR) is 151 cm³/mol. The summed E-state index contributed by atoms with van der Waals surface area (Å²) < 4.78 is 19.0. The maximum atomic E-state index is 13.0. The van der Waals surface area contributed by atoms with Crippen LogP contribution in [-0.2, 0) is 32.0 Å². The van der Waals surface area contributed by atoms with Crippen molar-refractivity contribution < 1.29 is 19.0 Å². The van der Waals surface area contributed by atoms with Crippen LogP contribution >= 0.6 is 0 Å². The number of carbonyl (C=O) groups is 1. The fourth-order valence-corrected chi connectivity index (χ4v) is 5.76. The van der Waals surface area contributed by atoms with Gasteiger partial charge in [-0.3, -0.25) is 9.59 Å². The number of ether oxygens (including phenoxy) is 3. The van der Waals surface area contributed by atoms with Crippen molar-refractivity contribution in [1.29, 1.82) is 0 Å². The minimum Gasteiger partial charge on any atom is -0.460 e. The van der Waals surface area contributed by atoms with Crippen LogP contribution < -0.4 is 5.56 Å². The third-order valence-electron chi connectivity index (χ3n) is 7.98. The smallest absolute Gasteiger partial charge is 0.309 e. The molecule has 0 radical (unpaired) electrons. The van der Waals surface area contributed by atoms with Gasteiger partial charge in [-0.1, -0.05) is 19.9 Å². The Kier molecular flexibility index (Phi) is 8.82. The molecule has 2 saturated heterocycles. The van der Waals surface area contributed by atoms with E-state index in [1.54, 1.807) is 6.20 Å². The first kappa shape index (κ1) is 27.6. The minimum atomic E-state index is -0.132. The SMILES string of the molecule is Cc1cc(-c2nc3cc(CC[C@@H](CC(C)C)C(=O)O[C@H]4CCOC4)ccc3n2CC2CCOCC2)c[nH]c1=O. The van der Waals surface area contributed by atoms with Crippen LogP contribution in [0.15, 0.2) is 35.3 Å². The first-order valence-corrected chi connectivity index (χ1v) is 14.4. The number of nitrogens with one attached hydrogen (secondary N) is 1. The Labute approximate surface area is 230 Å². The second-order valence-electron chi connectivity index (χ2n) is 11.6. The monoisotopic (exact) mass is 535 g/mol. The van der Waals surface area contributed by atoms with Crippen molar-refractivity contribution in [3.05, 3.63) is 51.9 Å². The summed E-state index contributed by atoms with van der Waals surface area (Å²) in [7, 11) is 0. The normalized spacial score (nSPS) is 19.1. The van der Waals surface area contributed by atoms with Gasteiger partial charge in [0, 0.05) is 43.5 Å². The molecule has 1 N–H and O–H groups in total. The molecule has 5 rings (SSSR count). The second kappa shape index (κ2) is 12.5. The molecule has 2 atom stereocenters. The number of hydrogen-bond acceptors (Lipinski definition) is 6. The topological polar surface area (TPSA) is 95.4 Å². The van der Waals surface area contributed by atoms with Gasteiger partial charge in [0.25, 0.3) is 5.56 Å². The Bertz CT molecular complexity index is 1330. The van der Waals surface area contributed by atoms with E-state index in [1.807, 2.05) is 13.0 Å². The van der Waals surface area contributed by atoms with Gasteiger partial charge in [0.1, 0.15) is 11.9 Å². The van der Waals surface area contributed by atoms with Crippen LogP contribution in [0, 0.1) is 24.7 Å². The summed E-state index contributed by atoms with van der Waals surface area (Å²) in [6, 6.07) is 8.39. The summed E-state index contributed by atoms with van der Waals surface area (Å²) in [4.78, 5) is 32.9. The molecule has 2 aliphatic rings. The van der Waals surface area contributed by atoms with Crippen LogP contribution in [0.3, 0.4) is 0 Å². The molecule has 2 fully saturated rings. The van der Waals surface area contributed by atoms with Gasteiger partial charge in [0.15, 0.2) is 0 Å². The number of nitrogens with zero attached hydrogens (tertiary/aromatic N) is 2. The standard InChI is InChI=1S/C31H41N3O5/c1-20(2)14-24(31(36)39-26-10-13-38-19-26)6-4-22-5-7-28-27(16-22)33-29(25-15-21(3)30(35)32-17-25)34(28)18-23-8-11-37-12-9-23/h5,7,15-17,20,23-24,26H,4,6,8-14,18-19H2,1-3H3,(H,32,35)/t24-,26-/m0/s1. The summed E-state index contributed by atoms with van der Waals surface area (Å²) in [6.07, 6.45) is 6.82. The van der Waals surface area contributed by atoms with E-state index in [0.29, 0.717) is 30.6 Å². The van der Waals surface area contributed by atoms with Crippen LogP contribution in [0.5, 0.6) is 0 Å². The molecule has 0 bridgehead atoms. The minimum absolute atomic E-state index is 0.0805. The maximum absolute atomic E-state index is 13.0. The Morgan fingerprint density at radius 2 is 1.95 bits per heavy atom. The molecular formula is C31H41N3O5. The van der Waals surface area contributed by atoms with Gasteiger partial charge in [0.05, 0.1) is 30.2 Å². The van der Waals surface area contributed by atoms with Crippen LogP contribution in [0.25, 0.3) is 22.4 Å². The summed E-state index contributed by atoms with van der Waals surface area (Å²) in [5.74, 6) is 1.57. The Balaban J connectivity index is 1.39. The maximum Gasteiger partial charge on any atom is 0.309 e. The number of benzene rings is 1. The van der Waals surface area contributed by atoms with E-state index >= 15 is 0 Å². The largest absolute Gasteiger partial charge is 0.460 e. The number of imidazole rings is 1. The highest BCUT2D eigenvalue weighted by molar-refractivity contribution is 5.81. The quantitative estimate of drug-likeness (QED) is 0.365. The lowest BCUT2D eigenvalue weighted by molar-refractivity contribution is -0.154. The number of rotatable bonds is 10. The van der Waals surface area contributed by atoms with E-state index in [1.165, 1.54) is 0 Å². The molecule has 0 saturated carbocycles. The van der Waals surface area contributed by atoms with E-state index in [-0.39, 0.29) is 23.6 Å².